The van der Waals surface area contributed by atoms with Gasteiger partial charge in [-0.1, -0.05) is 194 Å². The molecule has 290 valence electrons. The first kappa shape index (κ1) is 35.7. The van der Waals surface area contributed by atoms with E-state index >= 15 is 0 Å². The van der Waals surface area contributed by atoms with E-state index in [1.165, 1.54) is 71.4 Å². The van der Waals surface area contributed by atoms with E-state index in [9.17, 15) is 0 Å². The largest absolute Gasteiger partial charge is 0.456 e. The summed E-state index contributed by atoms with van der Waals surface area (Å²) in [7, 11) is 0. The van der Waals surface area contributed by atoms with Crippen molar-refractivity contribution in [2.24, 2.45) is 0 Å². The summed E-state index contributed by atoms with van der Waals surface area (Å²) in [6.07, 6.45) is 0. The Morgan fingerprint density at radius 3 is 1.44 bits per heavy atom. The summed E-state index contributed by atoms with van der Waals surface area (Å²) in [6, 6.07) is 85.4. The third kappa shape index (κ3) is 5.96. The van der Waals surface area contributed by atoms with Gasteiger partial charge < -0.3 is 9.32 Å². The van der Waals surface area contributed by atoms with Gasteiger partial charge in [-0.2, -0.15) is 0 Å². The van der Waals surface area contributed by atoms with Gasteiger partial charge in [0.15, 0.2) is 0 Å². The average molecular weight is 790 g/mol. The summed E-state index contributed by atoms with van der Waals surface area (Å²) in [5, 5.41) is 9.54. The molecule has 0 N–H and O–H groups in total. The minimum atomic E-state index is 0.861. The predicted molar refractivity (Wildman–Crippen MR) is 263 cm³/mol. The maximum absolute atomic E-state index is 6.50. The first-order valence-electron chi connectivity index (χ1n) is 21.3. The summed E-state index contributed by atoms with van der Waals surface area (Å²) >= 11 is 0. The second-order valence-corrected chi connectivity index (χ2v) is 16.0. The number of furan rings is 1. The van der Waals surface area contributed by atoms with Crippen LogP contribution in [-0.4, -0.2) is 0 Å². The van der Waals surface area contributed by atoms with Gasteiger partial charge in [-0.05, 0) is 108 Å². The van der Waals surface area contributed by atoms with Crippen molar-refractivity contribution in [1.82, 2.24) is 0 Å². The summed E-state index contributed by atoms with van der Waals surface area (Å²) in [6.45, 7) is 0. The Balaban J connectivity index is 1.04. The normalized spacial score (nSPS) is 11.5. The van der Waals surface area contributed by atoms with Crippen LogP contribution >= 0.6 is 0 Å². The van der Waals surface area contributed by atoms with E-state index in [2.05, 4.69) is 229 Å². The van der Waals surface area contributed by atoms with Gasteiger partial charge in [0.05, 0.1) is 5.69 Å². The van der Waals surface area contributed by atoms with E-state index in [0.29, 0.717) is 0 Å². The fourth-order valence-corrected chi connectivity index (χ4v) is 9.63. The molecule has 0 fully saturated rings. The van der Waals surface area contributed by atoms with Gasteiger partial charge in [0.2, 0.25) is 0 Å². The molecule has 0 amide bonds. The van der Waals surface area contributed by atoms with E-state index in [1.807, 2.05) is 12.1 Å². The maximum atomic E-state index is 6.50. The van der Waals surface area contributed by atoms with Crippen molar-refractivity contribution in [3.63, 3.8) is 0 Å². The lowest BCUT2D eigenvalue weighted by molar-refractivity contribution is 0.669. The minimum Gasteiger partial charge on any atom is -0.456 e. The third-order valence-corrected chi connectivity index (χ3v) is 12.5. The van der Waals surface area contributed by atoms with E-state index in [-0.39, 0.29) is 0 Å². The van der Waals surface area contributed by atoms with Crippen LogP contribution in [0.4, 0.5) is 17.1 Å². The fraction of sp³-hybridized carbons (Fsp3) is 0. The molecule has 0 radical (unpaired) electrons. The van der Waals surface area contributed by atoms with Gasteiger partial charge in [0, 0.05) is 33.6 Å². The van der Waals surface area contributed by atoms with Gasteiger partial charge in [0.1, 0.15) is 11.2 Å². The van der Waals surface area contributed by atoms with Crippen molar-refractivity contribution in [1.29, 1.82) is 0 Å². The summed E-state index contributed by atoms with van der Waals surface area (Å²) < 4.78 is 6.50. The SMILES string of the molecule is c1ccc(-c2ccc(-c3ccc(N(c4ccc(-c5cccc6cccc(-c7ccccc7)c56)cc4)c4ccc5c(c4)oc4ccccc45)c4ccccc34)c3ccccc23)cc1. The molecule has 0 aliphatic rings. The molecule has 1 aromatic heterocycles. The molecule has 0 aliphatic carbocycles. The smallest absolute Gasteiger partial charge is 0.137 e. The Labute approximate surface area is 360 Å². The Morgan fingerprint density at radius 1 is 0.274 bits per heavy atom. The van der Waals surface area contributed by atoms with Crippen LogP contribution in [0.1, 0.15) is 0 Å². The van der Waals surface area contributed by atoms with Gasteiger partial charge in [-0.3, -0.25) is 0 Å². The number of fused-ring (bicyclic) bond motifs is 6. The highest BCUT2D eigenvalue weighted by Crippen LogP contribution is 2.46. The second-order valence-electron chi connectivity index (χ2n) is 16.0. The second kappa shape index (κ2) is 14.8. The average Bonchev–Trinajstić information content (AvgIpc) is 3.72. The van der Waals surface area contributed by atoms with Crippen molar-refractivity contribution in [3.05, 3.63) is 237 Å². The fourth-order valence-electron chi connectivity index (χ4n) is 9.63. The van der Waals surface area contributed by atoms with Gasteiger partial charge in [-0.15, -0.1) is 0 Å². The van der Waals surface area contributed by atoms with Crippen molar-refractivity contribution in [2.45, 2.75) is 0 Å². The molecule has 0 spiro atoms. The predicted octanol–water partition coefficient (Wildman–Crippen LogP) is 17.2. The van der Waals surface area contributed by atoms with Crippen molar-refractivity contribution >= 4 is 71.3 Å². The van der Waals surface area contributed by atoms with Crippen LogP contribution < -0.4 is 4.90 Å². The molecule has 0 unspecified atom stereocenters. The van der Waals surface area contributed by atoms with E-state index < -0.39 is 0 Å². The summed E-state index contributed by atoms with van der Waals surface area (Å²) in [5.41, 5.74) is 14.6. The highest BCUT2D eigenvalue weighted by atomic mass is 16.3. The number of rotatable bonds is 7. The molecule has 2 nitrogen and oxygen atoms in total. The first-order valence-corrected chi connectivity index (χ1v) is 21.3. The highest BCUT2D eigenvalue weighted by molar-refractivity contribution is 6.13. The van der Waals surface area contributed by atoms with Crippen molar-refractivity contribution in [2.75, 3.05) is 4.90 Å². The molecule has 0 saturated heterocycles. The van der Waals surface area contributed by atoms with Crippen molar-refractivity contribution in [3.8, 4) is 44.5 Å². The molecule has 1 heterocycles. The molecule has 0 saturated carbocycles. The topological polar surface area (TPSA) is 16.4 Å². The highest BCUT2D eigenvalue weighted by Gasteiger charge is 2.21. The standard InChI is InChI=1S/C60H39NO/c1-3-15-40(16-4-1)46-35-36-52(50-22-8-7-21-49(46)50)53-37-38-57(54-24-10-9-23-51(53)54)61(45-33-34-56-55-25-11-12-28-58(55)62-59(56)39-45)44-31-29-42(30-32-44)48-27-14-20-43-19-13-26-47(60(43)48)41-17-5-2-6-18-41/h1-39H. The van der Waals surface area contributed by atoms with Crippen LogP contribution in [0.5, 0.6) is 0 Å². The molecule has 0 bridgehead atoms. The quantitative estimate of drug-likeness (QED) is 0.160. The lowest BCUT2D eigenvalue weighted by Gasteiger charge is -2.28. The van der Waals surface area contributed by atoms with Gasteiger partial charge in [-0.25, -0.2) is 0 Å². The lowest BCUT2D eigenvalue weighted by atomic mass is 9.89. The van der Waals surface area contributed by atoms with E-state index in [1.54, 1.807) is 0 Å². The number of benzene rings is 11. The Bertz CT molecular complexity index is 3620. The van der Waals surface area contributed by atoms with Crippen LogP contribution in [0.25, 0.3) is 98.8 Å². The van der Waals surface area contributed by atoms with Gasteiger partial charge >= 0.3 is 0 Å². The third-order valence-electron chi connectivity index (χ3n) is 12.5. The Hall–Kier alpha value is -8.20. The minimum absolute atomic E-state index is 0.861. The number of para-hydroxylation sites is 1. The Kier molecular flexibility index (Phi) is 8.53. The van der Waals surface area contributed by atoms with Crippen LogP contribution in [0.3, 0.4) is 0 Å². The summed E-state index contributed by atoms with van der Waals surface area (Å²) in [5.74, 6) is 0. The maximum Gasteiger partial charge on any atom is 0.137 e. The first-order chi connectivity index (χ1) is 30.8. The molecule has 12 rings (SSSR count). The lowest BCUT2D eigenvalue weighted by Crippen LogP contribution is -2.10. The van der Waals surface area contributed by atoms with E-state index in [0.717, 1.165) is 44.4 Å². The zero-order chi connectivity index (χ0) is 41.0. The molecule has 2 heteroatoms. The van der Waals surface area contributed by atoms with Crippen LogP contribution in [0.2, 0.25) is 0 Å². The number of hydrogen-bond donors (Lipinski definition) is 0. The van der Waals surface area contributed by atoms with Gasteiger partial charge in [0.25, 0.3) is 0 Å². The van der Waals surface area contributed by atoms with E-state index in [4.69, 9.17) is 4.42 Å². The van der Waals surface area contributed by atoms with Crippen LogP contribution in [0.15, 0.2) is 241 Å². The zero-order valence-corrected chi connectivity index (χ0v) is 33.9. The molecule has 0 atom stereocenters. The van der Waals surface area contributed by atoms with Crippen LogP contribution in [-0.2, 0) is 0 Å². The monoisotopic (exact) mass is 789 g/mol. The molecule has 62 heavy (non-hydrogen) atoms. The molecular formula is C60H39NO. The Morgan fingerprint density at radius 2 is 0.758 bits per heavy atom. The molecule has 0 aliphatic heterocycles. The number of hydrogen-bond acceptors (Lipinski definition) is 2. The number of anilines is 3. The molecular weight excluding hydrogens is 751 g/mol. The number of nitrogens with zero attached hydrogens (tertiary/aromatic N) is 1. The summed E-state index contributed by atoms with van der Waals surface area (Å²) in [4.78, 5) is 2.39. The molecule has 11 aromatic carbocycles. The molecule has 12 aromatic rings. The van der Waals surface area contributed by atoms with Crippen LogP contribution in [0, 0.1) is 0 Å². The van der Waals surface area contributed by atoms with Crippen molar-refractivity contribution < 1.29 is 4.42 Å². The zero-order valence-electron chi connectivity index (χ0n) is 33.9.